The van der Waals surface area contributed by atoms with Crippen LogP contribution < -0.4 is 5.32 Å². The Morgan fingerprint density at radius 3 is 2.70 bits per heavy atom. The maximum Gasteiger partial charge on any atom is 0.139 e. The molecule has 0 amide bonds. The average Bonchev–Trinajstić information content (AvgIpc) is 2.96. The molecule has 0 aliphatic carbocycles. The summed E-state index contributed by atoms with van der Waals surface area (Å²) in [5.74, 6) is 1.02. The Kier molecular flexibility index (Phi) is 4.10. The lowest BCUT2D eigenvalue weighted by Gasteiger charge is -2.35. The van der Waals surface area contributed by atoms with Crippen molar-refractivity contribution in [3.8, 4) is 0 Å². The lowest BCUT2D eigenvalue weighted by molar-refractivity contribution is -0.0451. The number of aryl methyl sites for hydroxylation is 1. The highest BCUT2D eigenvalue weighted by Crippen LogP contribution is 2.30. The molecule has 3 rings (SSSR count). The number of rotatable bonds is 3. The lowest BCUT2D eigenvalue weighted by atomic mass is 9.97. The summed E-state index contributed by atoms with van der Waals surface area (Å²) in [6.07, 6.45) is 7.78. The van der Waals surface area contributed by atoms with E-state index in [-0.39, 0.29) is 6.10 Å². The topological polar surface area (TPSA) is 48.3 Å². The van der Waals surface area contributed by atoms with Gasteiger partial charge in [-0.25, -0.2) is 4.98 Å². The van der Waals surface area contributed by atoms with Crippen molar-refractivity contribution in [3.05, 3.63) is 18.2 Å². The van der Waals surface area contributed by atoms with Crippen molar-refractivity contribution in [1.82, 2.24) is 14.9 Å². The van der Waals surface area contributed by atoms with E-state index < -0.39 is 0 Å². The van der Waals surface area contributed by atoms with E-state index in [1.54, 1.807) is 0 Å². The van der Waals surface area contributed by atoms with E-state index in [1.807, 2.05) is 19.4 Å². The zero-order valence-electron chi connectivity index (χ0n) is 12.6. The van der Waals surface area contributed by atoms with E-state index in [0.29, 0.717) is 24.3 Å². The molecule has 0 spiro atoms. The maximum absolute atomic E-state index is 5.91. The van der Waals surface area contributed by atoms with Gasteiger partial charge in [0.15, 0.2) is 0 Å². The Morgan fingerprint density at radius 2 is 2.05 bits per heavy atom. The second-order valence-electron chi connectivity index (χ2n) is 6.18. The number of nitrogens with one attached hydrogen (secondary N) is 1. The number of nitrogens with zero attached hydrogens (tertiary/aromatic N) is 2. The van der Waals surface area contributed by atoms with Crippen LogP contribution >= 0.6 is 0 Å². The number of aromatic nitrogens is 2. The molecule has 5 atom stereocenters. The molecule has 2 aliphatic rings. The van der Waals surface area contributed by atoms with Gasteiger partial charge >= 0.3 is 0 Å². The van der Waals surface area contributed by atoms with Crippen LogP contribution in [0.2, 0.25) is 0 Å². The number of hydrogen-bond acceptors (Lipinski definition) is 4. The average molecular weight is 279 g/mol. The Labute approximate surface area is 120 Å². The smallest absolute Gasteiger partial charge is 0.139 e. The molecule has 0 radical (unpaired) electrons. The highest BCUT2D eigenvalue weighted by atomic mass is 16.5. The van der Waals surface area contributed by atoms with Crippen LogP contribution in [0.3, 0.4) is 0 Å². The second-order valence-corrected chi connectivity index (χ2v) is 6.18. The van der Waals surface area contributed by atoms with Crippen molar-refractivity contribution >= 4 is 0 Å². The van der Waals surface area contributed by atoms with E-state index in [9.17, 15) is 0 Å². The molecule has 0 saturated carbocycles. The number of imidazole rings is 1. The zero-order chi connectivity index (χ0) is 14.1. The molecule has 2 aliphatic heterocycles. The zero-order valence-corrected chi connectivity index (χ0v) is 12.6. The minimum atomic E-state index is 0.0726. The van der Waals surface area contributed by atoms with Crippen LogP contribution in [-0.2, 0) is 16.5 Å². The third-order valence-corrected chi connectivity index (χ3v) is 4.35. The standard InChI is InChI=1S/C15H25N3O2/c1-10-8-12(9-11(2)20-10)17-13-4-7-19-14(13)15-16-5-6-18(15)3/h5-6,10-14,17H,4,7-9H2,1-3H3/t10-,11+,12?,13-,14-/m0/s1. The molecule has 5 heteroatoms. The molecule has 1 N–H and O–H groups in total. The van der Waals surface area contributed by atoms with E-state index in [1.165, 1.54) is 0 Å². The third kappa shape index (κ3) is 2.90. The first-order valence-corrected chi connectivity index (χ1v) is 7.64. The molecule has 0 bridgehead atoms. The van der Waals surface area contributed by atoms with E-state index in [0.717, 1.165) is 31.7 Å². The Morgan fingerprint density at radius 1 is 1.30 bits per heavy atom. The van der Waals surface area contributed by atoms with Crippen molar-refractivity contribution in [1.29, 1.82) is 0 Å². The van der Waals surface area contributed by atoms with Crippen molar-refractivity contribution < 1.29 is 9.47 Å². The molecule has 3 heterocycles. The van der Waals surface area contributed by atoms with Gasteiger partial charge in [0.1, 0.15) is 11.9 Å². The van der Waals surface area contributed by atoms with Crippen LogP contribution in [0.4, 0.5) is 0 Å². The molecule has 0 aromatic carbocycles. The van der Waals surface area contributed by atoms with Crippen molar-refractivity contribution in [2.24, 2.45) is 7.05 Å². The fraction of sp³-hybridized carbons (Fsp3) is 0.800. The van der Waals surface area contributed by atoms with Gasteiger partial charge in [-0.1, -0.05) is 0 Å². The summed E-state index contributed by atoms with van der Waals surface area (Å²) in [6, 6.07) is 0.877. The van der Waals surface area contributed by atoms with Crippen LogP contribution in [0.25, 0.3) is 0 Å². The molecule has 1 aromatic rings. The summed E-state index contributed by atoms with van der Waals surface area (Å²) in [6.45, 7) is 5.13. The minimum Gasteiger partial charge on any atom is -0.375 e. The van der Waals surface area contributed by atoms with Crippen LogP contribution in [0, 0.1) is 0 Å². The Balaban J connectivity index is 1.66. The highest BCUT2D eigenvalue weighted by molar-refractivity contribution is 5.03. The molecule has 2 fully saturated rings. The van der Waals surface area contributed by atoms with Crippen molar-refractivity contribution in [2.45, 2.75) is 63.5 Å². The first-order chi connectivity index (χ1) is 9.63. The lowest BCUT2D eigenvalue weighted by Crippen LogP contribution is -2.46. The van der Waals surface area contributed by atoms with Crippen LogP contribution in [0.15, 0.2) is 12.4 Å². The Hall–Kier alpha value is -0.910. The summed E-state index contributed by atoms with van der Waals surface area (Å²) in [5, 5.41) is 3.79. The molecular weight excluding hydrogens is 254 g/mol. The monoisotopic (exact) mass is 279 g/mol. The summed E-state index contributed by atoms with van der Waals surface area (Å²) in [4.78, 5) is 4.44. The van der Waals surface area contributed by atoms with Gasteiger partial charge in [-0.05, 0) is 33.1 Å². The summed E-state index contributed by atoms with van der Waals surface area (Å²) in [5.41, 5.74) is 0. The molecule has 2 saturated heterocycles. The quantitative estimate of drug-likeness (QED) is 0.916. The van der Waals surface area contributed by atoms with Gasteiger partial charge in [0.2, 0.25) is 0 Å². The highest BCUT2D eigenvalue weighted by Gasteiger charge is 2.35. The van der Waals surface area contributed by atoms with Gasteiger partial charge in [-0.15, -0.1) is 0 Å². The summed E-state index contributed by atoms with van der Waals surface area (Å²) >= 11 is 0. The van der Waals surface area contributed by atoms with Crippen LogP contribution in [0.1, 0.15) is 45.0 Å². The fourth-order valence-electron chi connectivity index (χ4n) is 3.51. The van der Waals surface area contributed by atoms with Crippen LogP contribution in [-0.4, -0.2) is 40.4 Å². The van der Waals surface area contributed by atoms with Gasteiger partial charge in [0, 0.05) is 38.1 Å². The largest absolute Gasteiger partial charge is 0.375 e. The molecule has 1 aromatic heterocycles. The van der Waals surface area contributed by atoms with Gasteiger partial charge < -0.3 is 19.4 Å². The summed E-state index contributed by atoms with van der Waals surface area (Å²) in [7, 11) is 2.03. The molecule has 20 heavy (non-hydrogen) atoms. The Bertz CT molecular complexity index is 438. The van der Waals surface area contributed by atoms with Gasteiger partial charge in [0.25, 0.3) is 0 Å². The molecule has 1 unspecified atom stereocenters. The van der Waals surface area contributed by atoms with Crippen LogP contribution in [0.5, 0.6) is 0 Å². The molecule has 5 nitrogen and oxygen atoms in total. The molecule has 112 valence electrons. The van der Waals surface area contributed by atoms with Gasteiger partial charge in [-0.3, -0.25) is 0 Å². The SMILES string of the molecule is C[C@@H]1CC(N[C@H]2CCO[C@@H]2c2nccn2C)C[C@H](C)O1. The van der Waals surface area contributed by atoms with Gasteiger partial charge in [0.05, 0.1) is 12.2 Å². The maximum atomic E-state index is 5.91. The normalized spacial score (nSPS) is 38.2. The van der Waals surface area contributed by atoms with E-state index >= 15 is 0 Å². The first-order valence-electron chi connectivity index (χ1n) is 7.64. The van der Waals surface area contributed by atoms with Crippen molar-refractivity contribution in [2.75, 3.05) is 6.61 Å². The number of ether oxygens (including phenoxy) is 2. The summed E-state index contributed by atoms with van der Waals surface area (Å²) < 4.78 is 13.8. The van der Waals surface area contributed by atoms with Gasteiger partial charge in [-0.2, -0.15) is 0 Å². The first kappa shape index (κ1) is 14.0. The third-order valence-electron chi connectivity index (χ3n) is 4.35. The van der Waals surface area contributed by atoms with Crippen molar-refractivity contribution in [3.63, 3.8) is 0 Å². The van der Waals surface area contributed by atoms with E-state index in [4.69, 9.17) is 9.47 Å². The molecular formula is C15H25N3O2. The second kappa shape index (κ2) is 5.84. The predicted molar refractivity (Wildman–Crippen MR) is 76.5 cm³/mol. The number of hydrogen-bond donors (Lipinski definition) is 1. The minimum absolute atomic E-state index is 0.0726. The van der Waals surface area contributed by atoms with E-state index in [2.05, 4.69) is 28.7 Å². The fourth-order valence-corrected chi connectivity index (χ4v) is 3.51. The predicted octanol–water partition coefficient (Wildman–Crippen LogP) is 1.80.